The molecule has 2 rings (SSSR count). The van der Waals surface area contributed by atoms with E-state index >= 15 is 0 Å². The molecule has 0 spiro atoms. The lowest BCUT2D eigenvalue weighted by Gasteiger charge is -2.39. The zero-order valence-corrected chi connectivity index (χ0v) is 9.70. The van der Waals surface area contributed by atoms with E-state index in [2.05, 4.69) is 0 Å². The van der Waals surface area contributed by atoms with E-state index < -0.39 is 0 Å². The van der Waals surface area contributed by atoms with E-state index in [0.29, 0.717) is 0 Å². The maximum Gasteiger partial charge on any atom is 0.128 e. The first-order valence-corrected chi connectivity index (χ1v) is 5.54. The van der Waals surface area contributed by atoms with Crippen molar-refractivity contribution in [1.82, 2.24) is 0 Å². The summed E-state index contributed by atoms with van der Waals surface area (Å²) in [6, 6.07) is 8.02. The fourth-order valence-electron chi connectivity index (χ4n) is 1.81. The number of ether oxygens (including phenoxy) is 2. The topological polar surface area (TPSA) is 18.5 Å². The second-order valence-corrected chi connectivity index (χ2v) is 4.49. The summed E-state index contributed by atoms with van der Waals surface area (Å²) >= 11 is 6.00. The number of rotatable bonds is 3. The van der Waals surface area contributed by atoms with Crippen LogP contribution < -0.4 is 4.74 Å². The van der Waals surface area contributed by atoms with E-state index in [9.17, 15) is 0 Å². The number of methoxy groups -OCH3 is 1. The Kier molecular flexibility index (Phi) is 3.17. The van der Waals surface area contributed by atoms with E-state index in [1.165, 1.54) is 5.56 Å². The zero-order chi connectivity index (χ0) is 10.8. The second kappa shape index (κ2) is 4.42. The first-order valence-electron chi connectivity index (χ1n) is 5.11. The van der Waals surface area contributed by atoms with Crippen LogP contribution in [0, 0.1) is 6.92 Å². The van der Waals surface area contributed by atoms with Gasteiger partial charge in [-0.2, -0.15) is 0 Å². The Labute approximate surface area is 95.1 Å². The largest absolute Gasteiger partial charge is 0.488 e. The molecular weight excluding hydrogens is 212 g/mol. The molecule has 3 unspecified atom stereocenters. The zero-order valence-electron chi connectivity index (χ0n) is 8.94. The molecule has 1 aliphatic carbocycles. The highest BCUT2D eigenvalue weighted by molar-refractivity contribution is 6.21. The van der Waals surface area contributed by atoms with Gasteiger partial charge in [-0.15, -0.1) is 11.6 Å². The van der Waals surface area contributed by atoms with Crippen molar-refractivity contribution in [3.63, 3.8) is 0 Å². The SMILES string of the molecule is COC1C(Cl)CC1Oc1cccc(C)c1. The lowest BCUT2D eigenvalue weighted by Crippen LogP contribution is -2.52. The maximum atomic E-state index is 6.00. The van der Waals surface area contributed by atoms with Gasteiger partial charge < -0.3 is 9.47 Å². The summed E-state index contributed by atoms with van der Waals surface area (Å²) < 4.78 is 11.1. The third kappa shape index (κ3) is 2.27. The van der Waals surface area contributed by atoms with Crippen molar-refractivity contribution < 1.29 is 9.47 Å². The monoisotopic (exact) mass is 226 g/mol. The quantitative estimate of drug-likeness (QED) is 0.738. The number of alkyl halides is 1. The van der Waals surface area contributed by atoms with Crippen LogP contribution in [0.15, 0.2) is 24.3 Å². The van der Waals surface area contributed by atoms with Gasteiger partial charge in [-0.3, -0.25) is 0 Å². The van der Waals surface area contributed by atoms with Crippen molar-refractivity contribution in [2.45, 2.75) is 30.9 Å². The fraction of sp³-hybridized carbons (Fsp3) is 0.500. The Morgan fingerprint density at radius 1 is 1.40 bits per heavy atom. The van der Waals surface area contributed by atoms with E-state index in [-0.39, 0.29) is 17.6 Å². The minimum Gasteiger partial charge on any atom is -0.488 e. The molecule has 1 aromatic rings. The molecule has 0 saturated heterocycles. The average Bonchev–Trinajstić information content (AvgIpc) is 2.17. The molecule has 3 heteroatoms. The molecule has 1 saturated carbocycles. The van der Waals surface area contributed by atoms with Crippen LogP contribution in [0.25, 0.3) is 0 Å². The average molecular weight is 227 g/mol. The molecule has 1 fully saturated rings. The molecule has 0 aliphatic heterocycles. The molecule has 0 radical (unpaired) electrons. The third-order valence-electron chi connectivity index (χ3n) is 2.73. The van der Waals surface area contributed by atoms with Gasteiger partial charge in [0.25, 0.3) is 0 Å². The van der Waals surface area contributed by atoms with Crippen LogP contribution in [0.3, 0.4) is 0 Å². The van der Waals surface area contributed by atoms with Gasteiger partial charge in [0.1, 0.15) is 18.0 Å². The predicted octanol–water partition coefficient (Wildman–Crippen LogP) is 2.77. The molecular formula is C12H15ClO2. The minimum atomic E-state index is 0.0205. The van der Waals surface area contributed by atoms with E-state index in [0.717, 1.165) is 12.2 Å². The highest BCUT2D eigenvalue weighted by atomic mass is 35.5. The Balaban J connectivity index is 1.98. The van der Waals surface area contributed by atoms with Crippen LogP contribution in [-0.2, 0) is 4.74 Å². The standard InChI is InChI=1S/C12H15ClO2/c1-8-4-3-5-9(6-8)15-11-7-10(13)12(11)14-2/h3-6,10-12H,7H2,1-2H3. The van der Waals surface area contributed by atoms with E-state index in [1.54, 1.807) is 7.11 Å². The third-order valence-corrected chi connectivity index (χ3v) is 3.16. The first kappa shape index (κ1) is 10.8. The second-order valence-electron chi connectivity index (χ2n) is 3.92. The molecule has 82 valence electrons. The predicted molar refractivity (Wildman–Crippen MR) is 60.7 cm³/mol. The Bertz CT molecular complexity index is 340. The van der Waals surface area contributed by atoms with Crippen LogP contribution in [0.5, 0.6) is 5.75 Å². The van der Waals surface area contributed by atoms with Gasteiger partial charge in [0, 0.05) is 13.5 Å². The molecule has 0 heterocycles. The summed E-state index contributed by atoms with van der Waals surface area (Å²) in [6.07, 6.45) is 0.972. The molecule has 1 aliphatic rings. The van der Waals surface area contributed by atoms with Crippen molar-refractivity contribution in [1.29, 1.82) is 0 Å². The van der Waals surface area contributed by atoms with Gasteiger partial charge in [0.15, 0.2) is 0 Å². The highest BCUT2D eigenvalue weighted by Gasteiger charge is 2.42. The van der Waals surface area contributed by atoms with Crippen molar-refractivity contribution >= 4 is 11.6 Å². The van der Waals surface area contributed by atoms with Crippen LogP contribution in [0.1, 0.15) is 12.0 Å². The lowest BCUT2D eigenvalue weighted by atomic mass is 9.91. The van der Waals surface area contributed by atoms with Gasteiger partial charge in [-0.05, 0) is 24.6 Å². The number of aryl methyl sites for hydroxylation is 1. The van der Waals surface area contributed by atoms with E-state index in [4.69, 9.17) is 21.1 Å². The highest BCUT2D eigenvalue weighted by Crippen LogP contribution is 2.32. The van der Waals surface area contributed by atoms with Crippen molar-refractivity contribution in [2.75, 3.05) is 7.11 Å². The van der Waals surface area contributed by atoms with Crippen LogP contribution >= 0.6 is 11.6 Å². The van der Waals surface area contributed by atoms with Crippen molar-refractivity contribution in [2.24, 2.45) is 0 Å². The first-order chi connectivity index (χ1) is 7.20. The summed E-state index contributed by atoms with van der Waals surface area (Å²) in [5.74, 6) is 0.894. The van der Waals surface area contributed by atoms with E-state index in [1.807, 2.05) is 31.2 Å². The molecule has 1 aromatic carbocycles. The lowest BCUT2D eigenvalue weighted by molar-refractivity contribution is -0.0583. The number of hydrogen-bond donors (Lipinski definition) is 0. The van der Waals surface area contributed by atoms with Crippen LogP contribution in [0.4, 0.5) is 0 Å². The minimum absolute atomic E-state index is 0.0205. The van der Waals surface area contributed by atoms with Crippen molar-refractivity contribution in [3.05, 3.63) is 29.8 Å². The van der Waals surface area contributed by atoms with Crippen molar-refractivity contribution in [3.8, 4) is 5.75 Å². The summed E-state index contributed by atoms with van der Waals surface area (Å²) in [7, 11) is 1.67. The van der Waals surface area contributed by atoms with Crippen LogP contribution in [0.2, 0.25) is 0 Å². The van der Waals surface area contributed by atoms with Gasteiger partial charge in [-0.25, -0.2) is 0 Å². The van der Waals surface area contributed by atoms with Crippen LogP contribution in [-0.4, -0.2) is 24.7 Å². The maximum absolute atomic E-state index is 6.00. The number of halogens is 1. The van der Waals surface area contributed by atoms with Gasteiger partial charge in [0.05, 0.1) is 5.38 Å². The number of hydrogen-bond acceptors (Lipinski definition) is 2. The Morgan fingerprint density at radius 3 is 2.80 bits per heavy atom. The fourth-order valence-corrected chi connectivity index (χ4v) is 2.25. The molecule has 15 heavy (non-hydrogen) atoms. The summed E-state index contributed by atoms with van der Waals surface area (Å²) in [4.78, 5) is 0. The van der Waals surface area contributed by atoms with Gasteiger partial charge in [-0.1, -0.05) is 12.1 Å². The molecule has 0 amide bonds. The normalized spacial score (nSPS) is 29.7. The molecule has 3 atom stereocenters. The summed E-state index contributed by atoms with van der Waals surface area (Å²) in [6.45, 7) is 2.05. The van der Waals surface area contributed by atoms with Gasteiger partial charge >= 0.3 is 0 Å². The summed E-state index contributed by atoms with van der Waals surface area (Å²) in [5.41, 5.74) is 1.20. The smallest absolute Gasteiger partial charge is 0.128 e. The molecule has 0 N–H and O–H groups in total. The summed E-state index contributed by atoms with van der Waals surface area (Å²) in [5, 5.41) is 0.0878. The Morgan fingerprint density at radius 2 is 2.20 bits per heavy atom. The van der Waals surface area contributed by atoms with Gasteiger partial charge in [0.2, 0.25) is 0 Å². The number of benzene rings is 1. The molecule has 2 nitrogen and oxygen atoms in total. The Hall–Kier alpha value is -0.730. The molecule has 0 bridgehead atoms. The molecule has 0 aromatic heterocycles.